The molecule has 0 bridgehead atoms. The maximum absolute atomic E-state index is 6.32. The van der Waals surface area contributed by atoms with E-state index < -0.39 is 0 Å². The minimum Gasteiger partial charge on any atom is -0.493 e. The normalized spacial score (nSPS) is 12.0. The van der Waals surface area contributed by atoms with Gasteiger partial charge in [-0.2, -0.15) is 0 Å². The minimum atomic E-state index is -0.175. The monoisotopic (exact) mass is 289 g/mol. The van der Waals surface area contributed by atoms with Crippen LogP contribution in [0.5, 0.6) is 11.5 Å². The van der Waals surface area contributed by atoms with Gasteiger partial charge in [0.1, 0.15) is 0 Å². The van der Waals surface area contributed by atoms with Crippen molar-refractivity contribution in [3.8, 4) is 11.5 Å². The average Bonchev–Trinajstić information content (AvgIpc) is 2.53. The predicted molar refractivity (Wildman–Crippen MR) is 83.8 cm³/mol. The number of rotatable bonds is 5. The van der Waals surface area contributed by atoms with Crippen molar-refractivity contribution >= 4 is 11.8 Å². The summed E-state index contributed by atoms with van der Waals surface area (Å²) in [7, 11) is 3.25. The zero-order chi connectivity index (χ0) is 14.5. The smallest absolute Gasteiger partial charge is 0.161 e. The molecule has 2 aromatic carbocycles. The molecule has 2 N–H and O–H groups in total. The number of methoxy groups -OCH3 is 2. The van der Waals surface area contributed by atoms with Crippen LogP contribution in [0.3, 0.4) is 0 Å². The van der Waals surface area contributed by atoms with Crippen molar-refractivity contribution in [2.24, 2.45) is 5.73 Å². The number of nitrogens with two attached hydrogens (primary N) is 1. The van der Waals surface area contributed by atoms with Crippen molar-refractivity contribution < 1.29 is 9.47 Å². The van der Waals surface area contributed by atoms with E-state index in [9.17, 15) is 0 Å². The first kappa shape index (κ1) is 14.8. The van der Waals surface area contributed by atoms with Crippen molar-refractivity contribution in [2.75, 3.05) is 20.5 Å². The van der Waals surface area contributed by atoms with Crippen molar-refractivity contribution in [3.63, 3.8) is 0 Å². The van der Waals surface area contributed by atoms with Crippen molar-refractivity contribution in [1.29, 1.82) is 0 Å². The van der Waals surface area contributed by atoms with E-state index in [1.54, 1.807) is 26.0 Å². The van der Waals surface area contributed by atoms with Gasteiger partial charge in [0.15, 0.2) is 11.5 Å². The van der Waals surface area contributed by atoms with E-state index in [1.165, 1.54) is 4.90 Å². The van der Waals surface area contributed by atoms with Gasteiger partial charge in [0.2, 0.25) is 0 Å². The summed E-state index contributed by atoms with van der Waals surface area (Å²) in [6.07, 6.45) is 2.06. The van der Waals surface area contributed by atoms with Crippen LogP contribution in [0.2, 0.25) is 0 Å². The summed E-state index contributed by atoms with van der Waals surface area (Å²) in [4.78, 5) is 1.23. The second-order valence-electron chi connectivity index (χ2n) is 4.37. The fraction of sp³-hybridized carbons (Fsp3) is 0.250. The largest absolute Gasteiger partial charge is 0.493 e. The number of benzene rings is 2. The molecule has 0 saturated carbocycles. The molecule has 0 heterocycles. The number of hydrogen-bond donors (Lipinski definition) is 1. The van der Waals surface area contributed by atoms with Crippen LogP contribution < -0.4 is 15.2 Å². The van der Waals surface area contributed by atoms with Crippen LogP contribution in [0.15, 0.2) is 47.4 Å². The third-order valence-electron chi connectivity index (χ3n) is 3.24. The van der Waals surface area contributed by atoms with Crippen LogP contribution in [0.25, 0.3) is 0 Å². The fourth-order valence-corrected chi connectivity index (χ4v) is 2.46. The standard InChI is InChI=1S/C16H19NO2S/c1-18-14-9-6-12(10-15(14)19-2)16(17)11-4-7-13(20-3)8-5-11/h4-10,16H,17H2,1-3H3. The van der Waals surface area contributed by atoms with Crippen LogP contribution >= 0.6 is 11.8 Å². The van der Waals surface area contributed by atoms with Crippen LogP contribution in [0.1, 0.15) is 17.2 Å². The van der Waals surface area contributed by atoms with E-state index >= 15 is 0 Å². The summed E-state index contributed by atoms with van der Waals surface area (Å²) < 4.78 is 10.6. The highest BCUT2D eigenvalue weighted by molar-refractivity contribution is 7.98. The zero-order valence-electron chi connectivity index (χ0n) is 11.9. The number of hydrogen-bond acceptors (Lipinski definition) is 4. The summed E-state index contributed by atoms with van der Waals surface area (Å²) in [6, 6.07) is 13.9. The third kappa shape index (κ3) is 3.08. The molecule has 20 heavy (non-hydrogen) atoms. The summed E-state index contributed by atoms with van der Waals surface area (Å²) >= 11 is 1.72. The highest BCUT2D eigenvalue weighted by Crippen LogP contribution is 2.31. The SMILES string of the molecule is COc1ccc(C(N)c2ccc(SC)cc2)cc1OC. The Morgan fingerprint density at radius 3 is 2.05 bits per heavy atom. The number of ether oxygens (including phenoxy) is 2. The lowest BCUT2D eigenvalue weighted by atomic mass is 9.99. The Morgan fingerprint density at radius 2 is 1.50 bits per heavy atom. The molecule has 2 rings (SSSR count). The Bertz CT molecular complexity index is 569. The maximum atomic E-state index is 6.32. The average molecular weight is 289 g/mol. The summed E-state index contributed by atoms with van der Waals surface area (Å²) in [6.45, 7) is 0. The highest BCUT2D eigenvalue weighted by atomic mass is 32.2. The van der Waals surface area contributed by atoms with Gasteiger partial charge < -0.3 is 15.2 Å². The Labute approximate surface area is 124 Å². The van der Waals surface area contributed by atoms with Gasteiger partial charge in [0.25, 0.3) is 0 Å². The lowest BCUT2D eigenvalue weighted by molar-refractivity contribution is 0.354. The lowest BCUT2D eigenvalue weighted by Gasteiger charge is -2.15. The van der Waals surface area contributed by atoms with Crippen LogP contribution in [0.4, 0.5) is 0 Å². The van der Waals surface area contributed by atoms with E-state index in [0.717, 1.165) is 11.1 Å². The van der Waals surface area contributed by atoms with Gasteiger partial charge in [-0.3, -0.25) is 0 Å². The summed E-state index contributed by atoms with van der Waals surface area (Å²) in [5, 5.41) is 0. The molecule has 0 aliphatic carbocycles. The second-order valence-corrected chi connectivity index (χ2v) is 5.24. The molecule has 1 unspecified atom stereocenters. The van der Waals surface area contributed by atoms with E-state index in [0.29, 0.717) is 11.5 Å². The molecular formula is C16H19NO2S. The van der Waals surface area contributed by atoms with Gasteiger partial charge >= 0.3 is 0 Å². The van der Waals surface area contributed by atoms with Crippen molar-refractivity contribution in [1.82, 2.24) is 0 Å². The maximum Gasteiger partial charge on any atom is 0.161 e. The molecular weight excluding hydrogens is 270 g/mol. The first-order valence-corrected chi connectivity index (χ1v) is 7.53. The van der Waals surface area contributed by atoms with Crippen LogP contribution in [0, 0.1) is 0 Å². The zero-order valence-corrected chi connectivity index (χ0v) is 12.7. The van der Waals surface area contributed by atoms with Crippen molar-refractivity contribution in [3.05, 3.63) is 53.6 Å². The molecule has 0 radical (unpaired) electrons. The van der Waals surface area contributed by atoms with E-state index in [2.05, 4.69) is 30.5 Å². The van der Waals surface area contributed by atoms with E-state index in [-0.39, 0.29) is 6.04 Å². The first-order chi connectivity index (χ1) is 9.69. The Kier molecular flexibility index (Phi) is 4.93. The minimum absolute atomic E-state index is 0.175. The van der Waals surface area contributed by atoms with Gasteiger partial charge in [0.05, 0.1) is 20.3 Å². The Hall–Kier alpha value is -1.65. The second kappa shape index (κ2) is 6.68. The van der Waals surface area contributed by atoms with Crippen LogP contribution in [-0.4, -0.2) is 20.5 Å². The van der Waals surface area contributed by atoms with Gasteiger partial charge in [-0.15, -0.1) is 11.8 Å². The topological polar surface area (TPSA) is 44.5 Å². The van der Waals surface area contributed by atoms with E-state index in [4.69, 9.17) is 15.2 Å². The molecule has 1 atom stereocenters. The molecule has 0 aromatic heterocycles. The highest BCUT2D eigenvalue weighted by Gasteiger charge is 2.12. The molecule has 0 fully saturated rings. The number of thioether (sulfide) groups is 1. The quantitative estimate of drug-likeness (QED) is 0.856. The molecule has 0 saturated heterocycles. The first-order valence-electron chi connectivity index (χ1n) is 6.31. The van der Waals surface area contributed by atoms with Gasteiger partial charge in [-0.05, 0) is 41.6 Å². The Morgan fingerprint density at radius 1 is 0.900 bits per heavy atom. The predicted octanol–water partition coefficient (Wildman–Crippen LogP) is 3.47. The molecule has 0 spiro atoms. The van der Waals surface area contributed by atoms with Gasteiger partial charge in [0, 0.05) is 4.90 Å². The summed E-state index contributed by atoms with van der Waals surface area (Å²) in [5.41, 5.74) is 8.40. The van der Waals surface area contributed by atoms with E-state index in [1.807, 2.05) is 18.2 Å². The molecule has 106 valence electrons. The lowest BCUT2D eigenvalue weighted by Crippen LogP contribution is -2.12. The molecule has 0 aliphatic rings. The third-order valence-corrected chi connectivity index (χ3v) is 3.99. The molecule has 0 amide bonds. The van der Waals surface area contributed by atoms with Gasteiger partial charge in [-0.25, -0.2) is 0 Å². The molecule has 3 nitrogen and oxygen atoms in total. The Balaban J connectivity index is 2.29. The van der Waals surface area contributed by atoms with Crippen LogP contribution in [-0.2, 0) is 0 Å². The van der Waals surface area contributed by atoms with Crippen molar-refractivity contribution in [2.45, 2.75) is 10.9 Å². The fourth-order valence-electron chi connectivity index (χ4n) is 2.05. The summed E-state index contributed by atoms with van der Waals surface area (Å²) in [5.74, 6) is 1.40. The molecule has 2 aromatic rings. The molecule has 4 heteroatoms. The van der Waals surface area contributed by atoms with Gasteiger partial charge in [-0.1, -0.05) is 18.2 Å². The molecule has 0 aliphatic heterocycles.